The van der Waals surface area contributed by atoms with Crippen LogP contribution in [0.2, 0.25) is 0 Å². The van der Waals surface area contributed by atoms with Crippen LogP contribution in [0.3, 0.4) is 0 Å². The number of hydrogen-bond donors (Lipinski definition) is 0. The molecule has 0 fully saturated rings. The smallest absolute Gasteiger partial charge is 0.315 e. The summed E-state index contributed by atoms with van der Waals surface area (Å²) in [6, 6.07) is 0. The summed E-state index contributed by atoms with van der Waals surface area (Å²) in [6.07, 6.45) is 14.6. The molecule has 0 aromatic carbocycles. The number of hydrogen-bond acceptors (Lipinski definition) is 1. The minimum atomic E-state index is -0.277. The van der Waals surface area contributed by atoms with Crippen LogP contribution < -0.4 is 0 Å². The van der Waals surface area contributed by atoms with Crippen molar-refractivity contribution in [3.63, 3.8) is 0 Å². The first-order valence-corrected chi connectivity index (χ1v) is 7.21. The van der Waals surface area contributed by atoms with E-state index >= 15 is 0 Å². The molecule has 0 N–H and O–H groups in total. The third kappa shape index (κ3) is 13.1. The van der Waals surface area contributed by atoms with Crippen molar-refractivity contribution in [2.24, 2.45) is 0 Å². The Morgan fingerprint density at radius 1 is 0.824 bits per heavy atom. The molecule has 0 saturated heterocycles. The van der Waals surface area contributed by atoms with Gasteiger partial charge in [0.2, 0.25) is 0 Å². The van der Waals surface area contributed by atoms with Crippen molar-refractivity contribution in [2.45, 2.75) is 84.0 Å². The summed E-state index contributed by atoms with van der Waals surface area (Å²) < 4.78 is 0. The van der Waals surface area contributed by atoms with Gasteiger partial charge < -0.3 is 4.79 Å². The molecule has 0 aliphatic rings. The number of unbranched alkanes of at least 4 members (excludes halogenated alkanes) is 10. The van der Waals surface area contributed by atoms with E-state index in [2.05, 4.69) is 11.8 Å². The van der Waals surface area contributed by atoms with Crippen molar-refractivity contribution in [1.82, 2.24) is 0 Å². The van der Waals surface area contributed by atoms with Crippen molar-refractivity contribution in [2.75, 3.05) is 0 Å². The Bertz CT molecular complexity index is 217. The summed E-state index contributed by atoms with van der Waals surface area (Å²) in [4.78, 5) is 13.6. The summed E-state index contributed by atoms with van der Waals surface area (Å²) >= 11 is 0. The van der Waals surface area contributed by atoms with E-state index in [9.17, 15) is 4.79 Å². The average molecular weight is 237 g/mol. The Hall–Kier alpha value is -0.840. The largest absolute Gasteiger partial charge is 0.355 e. The maximum Gasteiger partial charge on any atom is 0.355 e. The highest BCUT2D eigenvalue weighted by Gasteiger charge is 1.98. The lowest BCUT2D eigenvalue weighted by Crippen LogP contribution is -1.89. The summed E-state index contributed by atoms with van der Waals surface area (Å²) in [5.41, 5.74) is 0. The average Bonchev–Trinajstić information content (AvgIpc) is 2.35. The maximum absolute atomic E-state index is 10.7. The second-order valence-corrected chi connectivity index (χ2v) is 4.79. The summed E-state index contributed by atoms with van der Waals surface area (Å²) in [5, 5.41) is 0. The Morgan fingerprint density at radius 2 is 1.24 bits per heavy atom. The SMILES string of the molecule is [C-]#[N+]C(=O)CCCCCCCCCCCCC. The number of carbonyl (C=O) groups is 1. The minimum Gasteiger partial charge on any atom is -0.315 e. The zero-order valence-corrected chi connectivity index (χ0v) is 11.3. The highest BCUT2D eigenvalue weighted by Crippen LogP contribution is 2.11. The Kier molecular flexibility index (Phi) is 12.6. The first-order valence-electron chi connectivity index (χ1n) is 7.21. The van der Waals surface area contributed by atoms with E-state index in [0.717, 1.165) is 12.8 Å². The molecule has 0 aromatic heterocycles. The molecular formula is C15H27NO. The van der Waals surface area contributed by atoms with Crippen LogP contribution in [0.4, 0.5) is 0 Å². The molecule has 2 heteroatoms. The van der Waals surface area contributed by atoms with Gasteiger partial charge in [-0.25, -0.2) is 0 Å². The summed E-state index contributed by atoms with van der Waals surface area (Å²) in [7, 11) is 0. The number of amides is 1. The standard InChI is InChI=1S/C15H27NO/c1-3-4-5-6-7-8-9-10-11-12-13-14-15(17)16-2/h3-14H2,1H3. The predicted molar refractivity (Wildman–Crippen MR) is 72.7 cm³/mol. The van der Waals surface area contributed by atoms with Gasteiger partial charge in [-0.2, -0.15) is 4.85 Å². The van der Waals surface area contributed by atoms with Crippen molar-refractivity contribution in [1.29, 1.82) is 0 Å². The van der Waals surface area contributed by atoms with Gasteiger partial charge in [-0.05, 0) is 0 Å². The first-order chi connectivity index (χ1) is 8.31. The molecular weight excluding hydrogens is 210 g/mol. The molecule has 0 unspecified atom stereocenters. The fourth-order valence-corrected chi connectivity index (χ4v) is 2.00. The molecule has 0 heterocycles. The van der Waals surface area contributed by atoms with Crippen molar-refractivity contribution >= 4 is 5.91 Å². The lowest BCUT2D eigenvalue weighted by Gasteiger charge is -2.01. The van der Waals surface area contributed by atoms with E-state index in [0.29, 0.717) is 6.42 Å². The van der Waals surface area contributed by atoms with Gasteiger partial charge in [-0.15, -0.1) is 0 Å². The maximum atomic E-state index is 10.7. The highest BCUT2D eigenvalue weighted by molar-refractivity contribution is 5.85. The first kappa shape index (κ1) is 16.2. The quantitative estimate of drug-likeness (QED) is 0.340. The molecule has 0 radical (unpaired) electrons. The molecule has 98 valence electrons. The zero-order valence-electron chi connectivity index (χ0n) is 11.3. The van der Waals surface area contributed by atoms with Gasteiger partial charge in [-0.1, -0.05) is 77.6 Å². The molecule has 0 spiro atoms. The van der Waals surface area contributed by atoms with Gasteiger partial charge in [0.05, 0.1) is 6.57 Å². The lowest BCUT2D eigenvalue weighted by atomic mass is 10.1. The van der Waals surface area contributed by atoms with E-state index in [1.165, 1.54) is 57.8 Å². The van der Waals surface area contributed by atoms with Crippen LogP contribution in [-0.4, -0.2) is 5.91 Å². The highest BCUT2D eigenvalue weighted by atomic mass is 16.1. The van der Waals surface area contributed by atoms with E-state index in [1.54, 1.807) is 0 Å². The molecule has 0 rings (SSSR count). The van der Waals surface area contributed by atoms with E-state index < -0.39 is 0 Å². The van der Waals surface area contributed by atoms with Gasteiger partial charge in [-0.3, -0.25) is 0 Å². The topological polar surface area (TPSA) is 21.4 Å². The van der Waals surface area contributed by atoms with Crippen molar-refractivity contribution in [3.8, 4) is 0 Å². The normalized spacial score (nSPS) is 10.1. The Balaban J connectivity index is 2.99. The second kappa shape index (κ2) is 13.2. The molecule has 17 heavy (non-hydrogen) atoms. The molecule has 0 bridgehead atoms. The van der Waals surface area contributed by atoms with Gasteiger partial charge in [0.1, 0.15) is 0 Å². The Morgan fingerprint density at radius 3 is 1.65 bits per heavy atom. The fraction of sp³-hybridized carbons (Fsp3) is 0.867. The monoisotopic (exact) mass is 237 g/mol. The van der Waals surface area contributed by atoms with Gasteiger partial charge >= 0.3 is 5.91 Å². The third-order valence-corrected chi connectivity index (χ3v) is 3.12. The van der Waals surface area contributed by atoms with Gasteiger partial charge in [0.15, 0.2) is 0 Å². The van der Waals surface area contributed by atoms with Crippen LogP contribution in [0.25, 0.3) is 4.85 Å². The van der Waals surface area contributed by atoms with Crippen LogP contribution in [0.15, 0.2) is 0 Å². The van der Waals surface area contributed by atoms with Crippen LogP contribution >= 0.6 is 0 Å². The van der Waals surface area contributed by atoms with Crippen LogP contribution in [-0.2, 0) is 4.79 Å². The van der Waals surface area contributed by atoms with Crippen LogP contribution in [0.1, 0.15) is 84.0 Å². The van der Waals surface area contributed by atoms with Crippen molar-refractivity contribution < 1.29 is 4.79 Å². The van der Waals surface area contributed by atoms with E-state index in [1.807, 2.05) is 0 Å². The summed E-state index contributed by atoms with van der Waals surface area (Å²) in [5.74, 6) is -0.277. The molecule has 0 aliphatic carbocycles. The lowest BCUT2D eigenvalue weighted by molar-refractivity contribution is -0.114. The molecule has 0 saturated carbocycles. The van der Waals surface area contributed by atoms with Crippen LogP contribution in [0, 0.1) is 6.57 Å². The van der Waals surface area contributed by atoms with Crippen molar-refractivity contribution in [3.05, 3.63) is 11.4 Å². The number of rotatable bonds is 12. The van der Waals surface area contributed by atoms with Crippen LogP contribution in [0.5, 0.6) is 0 Å². The van der Waals surface area contributed by atoms with E-state index in [-0.39, 0.29) is 5.91 Å². The van der Waals surface area contributed by atoms with Gasteiger partial charge in [0.25, 0.3) is 0 Å². The Labute approximate surface area is 107 Å². The zero-order chi connectivity index (χ0) is 12.8. The van der Waals surface area contributed by atoms with Gasteiger partial charge in [0, 0.05) is 6.42 Å². The number of carbonyl (C=O) groups excluding carboxylic acids is 1. The molecule has 1 amide bonds. The van der Waals surface area contributed by atoms with E-state index in [4.69, 9.17) is 6.57 Å². The molecule has 2 nitrogen and oxygen atoms in total. The second-order valence-electron chi connectivity index (χ2n) is 4.79. The molecule has 0 atom stereocenters. The number of nitrogens with zero attached hydrogens (tertiary/aromatic N) is 1. The third-order valence-electron chi connectivity index (χ3n) is 3.12. The summed E-state index contributed by atoms with van der Waals surface area (Å²) in [6.45, 7) is 8.77. The molecule has 0 aliphatic heterocycles. The fourth-order valence-electron chi connectivity index (χ4n) is 2.00. The predicted octanol–water partition coefficient (Wildman–Crippen LogP) is 5.13. The molecule has 0 aromatic rings. The minimum absolute atomic E-state index is 0.277.